The van der Waals surface area contributed by atoms with Crippen molar-refractivity contribution in [3.8, 4) is 0 Å². The zero-order chi connectivity index (χ0) is 15.2. The van der Waals surface area contributed by atoms with Crippen LogP contribution in [-0.2, 0) is 6.54 Å². The lowest BCUT2D eigenvalue weighted by atomic mass is 10.0. The van der Waals surface area contributed by atoms with Gasteiger partial charge in [0.15, 0.2) is 0 Å². The van der Waals surface area contributed by atoms with Gasteiger partial charge in [-0.2, -0.15) is 0 Å². The summed E-state index contributed by atoms with van der Waals surface area (Å²) >= 11 is 0. The second-order valence-electron chi connectivity index (χ2n) is 5.19. The van der Waals surface area contributed by atoms with Crippen molar-refractivity contribution in [2.75, 3.05) is 18.5 Å². The van der Waals surface area contributed by atoms with Crippen LogP contribution in [0.5, 0.6) is 0 Å². The predicted octanol–water partition coefficient (Wildman–Crippen LogP) is 4.13. The third-order valence-electron chi connectivity index (χ3n) is 3.83. The maximum absolute atomic E-state index is 14.4. The van der Waals surface area contributed by atoms with E-state index in [1.807, 2.05) is 31.3 Å². The lowest BCUT2D eigenvalue weighted by molar-refractivity contribution is 0.597. The van der Waals surface area contributed by atoms with E-state index in [0.717, 1.165) is 12.1 Å². The van der Waals surface area contributed by atoms with Gasteiger partial charge in [0, 0.05) is 19.1 Å². The topological polar surface area (TPSA) is 15.3 Å². The number of hydrogen-bond donors (Lipinski definition) is 1. The second kappa shape index (κ2) is 7.23. The van der Waals surface area contributed by atoms with E-state index in [1.54, 1.807) is 6.07 Å². The molecule has 0 spiro atoms. The standard InChI is InChI=1S/C18H23FN2/c1-4-21(13-15-9-6-5-7-10-15)18-16(14(2)20-3)11-8-12-17(18)19/h5-12,14,20H,4,13H2,1-3H3. The molecule has 0 aliphatic carbocycles. The van der Waals surface area contributed by atoms with Crippen LogP contribution in [0.1, 0.15) is 31.0 Å². The summed E-state index contributed by atoms with van der Waals surface area (Å²) in [5.74, 6) is -0.160. The molecule has 1 unspecified atom stereocenters. The maximum atomic E-state index is 14.4. The fraction of sp³-hybridized carbons (Fsp3) is 0.333. The minimum absolute atomic E-state index is 0.112. The molecule has 0 heterocycles. The molecule has 0 fully saturated rings. The highest BCUT2D eigenvalue weighted by Gasteiger charge is 2.18. The number of hydrogen-bond acceptors (Lipinski definition) is 2. The number of halogens is 1. The average molecular weight is 286 g/mol. The number of rotatable bonds is 6. The molecule has 2 aromatic rings. The lowest BCUT2D eigenvalue weighted by Crippen LogP contribution is -2.26. The maximum Gasteiger partial charge on any atom is 0.146 e. The summed E-state index contributed by atoms with van der Waals surface area (Å²) in [6, 6.07) is 15.6. The summed E-state index contributed by atoms with van der Waals surface area (Å²) in [5, 5.41) is 3.20. The highest BCUT2D eigenvalue weighted by atomic mass is 19.1. The van der Waals surface area contributed by atoms with Gasteiger partial charge in [-0.15, -0.1) is 0 Å². The van der Waals surface area contributed by atoms with E-state index in [2.05, 4.69) is 36.2 Å². The van der Waals surface area contributed by atoms with Crippen LogP contribution in [0.25, 0.3) is 0 Å². The molecule has 0 aromatic heterocycles. The van der Waals surface area contributed by atoms with Crippen molar-refractivity contribution in [2.24, 2.45) is 0 Å². The van der Waals surface area contributed by atoms with Crippen LogP contribution in [0.4, 0.5) is 10.1 Å². The number of para-hydroxylation sites is 1. The van der Waals surface area contributed by atoms with Gasteiger partial charge >= 0.3 is 0 Å². The molecule has 0 saturated carbocycles. The van der Waals surface area contributed by atoms with Crippen molar-refractivity contribution in [1.82, 2.24) is 5.32 Å². The molecule has 1 N–H and O–H groups in total. The molecule has 21 heavy (non-hydrogen) atoms. The third-order valence-corrected chi connectivity index (χ3v) is 3.83. The van der Waals surface area contributed by atoms with Gasteiger partial charge in [0.05, 0.1) is 5.69 Å². The van der Waals surface area contributed by atoms with E-state index < -0.39 is 0 Å². The van der Waals surface area contributed by atoms with Gasteiger partial charge in [-0.1, -0.05) is 42.5 Å². The summed E-state index contributed by atoms with van der Waals surface area (Å²) < 4.78 is 14.4. The molecule has 2 rings (SSSR count). The number of anilines is 1. The van der Waals surface area contributed by atoms with Crippen molar-refractivity contribution in [2.45, 2.75) is 26.4 Å². The van der Waals surface area contributed by atoms with Crippen LogP contribution in [0.3, 0.4) is 0 Å². The summed E-state index contributed by atoms with van der Waals surface area (Å²) in [4.78, 5) is 2.09. The van der Waals surface area contributed by atoms with E-state index in [9.17, 15) is 4.39 Å². The second-order valence-corrected chi connectivity index (χ2v) is 5.19. The van der Waals surface area contributed by atoms with Gasteiger partial charge in [-0.3, -0.25) is 0 Å². The smallest absolute Gasteiger partial charge is 0.146 e. The van der Waals surface area contributed by atoms with Gasteiger partial charge in [0.2, 0.25) is 0 Å². The Kier molecular flexibility index (Phi) is 5.34. The minimum Gasteiger partial charge on any atom is -0.365 e. The molecule has 0 aliphatic heterocycles. The Labute approximate surface area is 126 Å². The predicted molar refractivity (Wildman–Crippen MR) is 87.0 cm³/mol. The Balaban J connectivity index is 2.37. The van der Waals surface area contributed by atoms with Crippen LogP contribution in [-0.4, -0.2) is 13.6 Å². The van der Waals surface area contributed by atoms with E-state index in [4.69, 9.17) is 0 Å². The molecule has 1 atom stereocenters. The lowest BCUT2D eigenvalue weighted by Gasteiger charge is -2.28. The van der Waals surface area contributed by atoms with Crippen molar-refractivity contribution in [3.63, 3.8) is 0 Å². The summed E-state index contributed by atoms with van der Waals surface area (Å²) in [6.07, 6.45) is 0. The molecule has 3 heteroatoms. The van der Waals surface area contributed by atoms with E-state index in [-0.39, 0.29) is 11.9 Å². The Hall–Kier alpha value is -1.87. The van der Waals surface area contributed by atoms with Crippen molar-refractivity contribution >= 4 is 5.69 Å². The van der Waals surface area contributed by atoms with E-state index in [0.29, 0.717) is 12.2 Å². The van der Waals surface area contributed by atoms with Crippen molar-refractivity contribution in [3.05, 3.63) is 65.5 Å². The van der Waals surface area contributed by atoms with Crippen LogP contribution >= 0.6 is 0 Å². The zero-order valence-electron chi connectivity index (χ0n) is 12.9. The fourth-order valence-electron chi connectivity index (χ4n) is 2.52. The molecule has 0 aliphatic rings. The molecule has 0 saturated heterocycles. The molecule has 2 nitrogen and oxygen atoms in total. The van der Waals surface area contributed by atoms with Crippen molar-refractivity contribution < 1.29 is 4.39 Å². The molecular formula is C18H23FN2. The highest BCUT2D eigenvalue weighted by molar-refractivity contribution is 5.56. The van der Waals surface area contributed by atoms with Crippen LogP contribution < -0.4 is 10.2 Å². The van der Waals surface area contributed by atoms with E-state index in [1.165, 1.54) is 11.6 Å². The Bertz CT molecular complexity index is 569. The van der Waals surface area contributed by atoms with Crippen LogP contribution in [0, 0.1) is 5.82 Å². The Morgan fingerprint density at radius 3 is 2.43 bits per heavy atom. The Morgan fingerprint density at radius 1 is 1.10 bits per heavy atom. The average Bonchev–Trinajstić information content (AvgIpc) is 2.53. The quantitative estimate of drug-likeness (QED) is 0.859. The molecule has 0 amide bonds. The van der Waals surface area contributed by atoms with E-state index >= 15 is 0 Å². The third kappa shape index (κ3) is 3.61. The molecule has 0 radical (unpaired) electrons. The molecular weight excluding hydrogens is 263 g/mol. The highest BCUT2D eigenvalue weighted by Crippen LogP contribution is 2.30. The van der Waals surface area contributed by atoms with Gasteiger partial charge in [-0.25, -0.2) is 4.39 Å². The summed E-state index contributed by atoms with van der Waals surface area (Å²) in [7, 11) is 1.90. The number of nitrogens with zero attached hydrogens (tertiary/aromatic N) is 1. The first-order valence-corrected chi connectivity index (χ1v) is 7.42. The first-order chi connectivity index (χ1) is 10.2. The molecule has 112 valence electrons. The normalized spacial score (nSPS) is 12.2. The van der Waals surface area contributed by atoms with Gasteiger partial charge in [0.25, 0.3) is 0 Å². The zero-order valence-corrected chi connectivity index (χ0v) is 12.9. The van der Waals surface area contributed by atoms with Gasteiger partial charge in [-0.05, 0) is 38.1 Å². The summed E-state index contributed by atoms with van der Waals surface area (Å²) in [6.45, 7) is 5.58. The number of benzene rings is 2. The fourth-order valence-corrected chi connectivity index (χ4v) is 2.52. The Morgan fingerprint density at radius 2 is 1.81 bits per heavy atom. The molecule has 2 aromatic carbocycles. The van der Waals surface area contributed by atoms with Crippen LogP contribution in [0.2, 0.25) is 0 Å². The van der Waals surface area contributed by atoms with Crippen LogP contribution in [0.15, 0.2) is 48.5 Å². The largest absolute Gasteiger partial charge is 0.365 e. The minimum atomic E-state index is -0.160. The SMILES string of the molecule is CCN(Cc1ccccc1)c1c(F)cccc1C(C)NC. The van der Waals surface area contributed by atoms with Gasteiger partial charge < -0.3 is 10.2 Å². The monoisotopic (exact) mass is 286 g/mol. The van der Waals surface area contributed by atoms with Gasteiger partial charge in [0.1, 0.15) is 5.82 Å². The first-order valence-electron chi connectivity index (χ1n) is 7.42. The first kappa shape index (κ1) is 15.5. The number of nitrogens with one attached hydrogen (secondary N) is 1. The summed E-state index contributed by atoms with van der Waals surface area (Å²) in [5.41, 5.74) is 2.88. The van der Waals surface area contributed by atoms with Crippen molar-refractivity contribution in [1.29, 1.82) is 0 Å². The molecule has 0 bridgehead atoms.